The number of carbonyl (C=O) groups is 1. The molecule has 2 aromatic rings. The molecular formula is C23H28N4O2. The maximum absolute atomic E-state index is 12.4. The van der Waals surface area contributed by atoms with Crippen molar-refractivity contribution in [1.29, 1.82) is 0 Å². The number of aliphatic hydroxyl groups excluding tert-OH is 1. The van der Waals surface area contributed by atoms with Gasteiger partial charge in [0.25, 0.3) is 0 Å². The number of aryl methyl sites for hydroxylation is 2. The van der Waals surface area contributed by atoms with Gasteiger partial charge in [-0.1, -0.05) is 29.8 Å². The Morgan fingerprint density at radius 3 is 2.69 bits per heavy atom. The Hall–Kier alpha value is -2.47. The number of aliphatic hydroxyl groups is 1. The van der Waals surface area contributed by atoms with Crippen LogP contribution in [-0.4, -0.2) is 46.1 Å². The third-order valence-electron chi connectivity index (χ3n) is 6.67. The van der Waals surface area contributed by atoms with Gasteiger partial charge in [-0.05, 0) is 50.5 Å². The molecule has 2 fully saturated rings. The molecule has 0 bridgehead atoms. The van der Waals surface area contributed by atoms with Gasteiger partial charge in [0.2, 0.25) is 5.95 Å². The number of piperidine rings is 1. The van der Waals surface area contributed by atoms with Crippen molar-refractivity contribution in [3.8, 4) is 0 Å². The van der Waals surface area contributed by atoms with Crippen molar-refractivity contribution in [2.75, 3.05) is 29.9 Å². The first-order chi connectivity index (χ1) is 14.1. The van der Waals surface area contributed by atoms with Gasteiger partial charge in [0, 0.05) is 19.5 Å². The van der Waals surface area contributed by atoms with Crippen LogP contribution in [0.1, 0.15) is 65.2 Å². The van der Waals surface area contributed by atoms with E-state index in [4.69, 9.17) is 9.97 Å². The van der Waals surface area contributed by atoms with Crippen molar-refractivity contribution in [3.63, 3.8) is 0 Å². The lowest BCUT2D eigenvalue weighted by Crippen LogP contribution is -2.35. The number of anilines is 2. The number of nitrogens with zero attached hydrogens (tertiary/aromatic N) is 3. The number of ketones is 1. The largest absolute Gasteiger partial charge is 0.394 e. The summed E-state index contributed by atoms with van der Waals surface area (Å²) in [5.74, 6) is 2.03. The number of aromatic nitrogens is 2. The molecular weight excluding hydrogens is 364 g/mol. The summed E-state index contributed by atoms with van der Waals surface area (Å²) in [5.41, 5.74) is 3.93. The summed E-state index contributed by atoms with van der Waals surface area (Å²) < 4.78 is 0. The first kappa shape index (κ1) is 18.6. The van der Waals surface area contributed by atoms with Crippen LogP contribution in [0.5, 0.6) is 0 Å². The maximum Gasteiger partial charge on any atom is 0.227 e. The summed E-state index contributed by atoms with van der Waals surface area (Å²) in [6.07, 6.45) is 5.16. The number of hydrogen-bond donors (Lipinski definition) is 2. The average molecular weight is 393 g/mol. The fraction of sp³-hybridized carbons (Fsp3) is 0.522. The quantitative estimate of drug-likeness (QED) is 0.813. The van der Waals surface area contributed by atoms with Crippen molar-refractivity contribution in [2.24, 2.45) is 0 Å². The highest BCUT2D eigenvalue weighted by Crippen LogP contribution is 2.40. The third-order valence-corrected chi connectivity index (χ3v) is 6.67. The van der Waals surface area contributed by atoms with E-state index in [-0.39, 0.29) is 17.9 Å². The van der Waals surface area contributed by atoms with E-state index in [1.54, 1.807) is 0 Å². The molecule has 3 aliphatic rings. The molecule has 0 radical (unpaired) electrons. The lowest BCUT2D eigenvalue weighted by Gasteiger charge is -2.33. The molecule has 6 nitrogen and oxygen atoms in total. The minimum atomic E-state index is -0.305. The molecule has 5 rings (SSSR count). The van der Waals surface area contributed by atoms with Gasteiger partial charge < -0.3 is 15.3 Å². The smallest absolute Gasteiger partial charge is 0.227 e. The summed E-state index contributed by atoms with van der Waals surface area (Å²) >= 11 is 0. The van der Waals surface area contributed by atoms with E-state index < -0.39 is 0 Å². The van der Waals surface area contributed by atoms with Gasteiger partial charge in [0.05, 0.1) is 23.4 Å². The number of Topliss-reactive ketones (excluding diaryl/α,β-unsaturated/α-hetero) is 1. The zero-order valence-corrected chi connectivity index (χ0v) is 16.9. The fourth-order valence-electron chi connectivity index (χ4n) is 4.62. The van der Waals surface area contributed by atoms with E-state index in [0.717, 1.165) is 50.4 Å². The van der Waals surface area contributed by atoms with Crippen molar-refractivity contribution >= 4 is 17.5 Å². The lowest BCUT2D eigenvalue weighted by atomic mass is 9.89. The Labute approximate surface area is 171 Å². The number of fused-ring (bicyclic) bond motifs is 1. The second-order valence-electron chi connectivity index (χ2n) is 8.86. The van der Waals surface area contributed by atoms with Gasteiger partial charge in [-0.25, -0.2) is 4.98 Å². The molecule has 0 unspecified atom stereocenters. The second kappa shape index (κ2) is 7.10. The van der Waals surface area contributed by atoms with E-state index in [9.17, 15) is 9.90 Å². The minimum absolute atomic E-state index is 0.0667. The van der Waals surface area contributed by atoms with E-state index in [1.807, 2.05) is 0 Å². The summed E-state index contributed by atoms with van der Waals surface area (Å²) in [4.78, 5) is 24.2. The van der Waals surface area contributed by atoms with Crippen LogP contribution in [0, 0.1) is 6.92 Å². The van der Waals surface area contributed by atoms with E-state index in [1.165, 1.54) is 11.1 Å². The number of rotatable bonds is 5. The maximum atomic E-state index is 12.4. The molecule has 2 N–H and O–H groups in total. The highest BCUT2D eigenvalue weighted by molar-refractivity contribution is 6.04. The molecule has 1 saturated carbocycles. The van der Waals surface area contributed by atoms with Gasteiger partial charge in [-0.2, -0.15) is 4.98 Å². The Bertz CT molecular complexity index is 946. The van der Waals surface area contributed by atoms with Crippen LogP contribution in [0.15, 0.2) is 24.3 Å². The minimum Gasteiger partial charge on any atom is -0.394 e. The molecule has 0 amide bonds. The van der Waals surface area contributed by atoms with Crippen molar-refractivity contribution in [2.45, 2.75) is 56.9 Å². The first-order valence-corrected chi connectivity index (χ1v) is 10.7. The van der Waals surface area contributed by atoms with Crippen LogP contribution >= 0.6 is 0 Å². The van der Waals surface area contributed by atoms with E-state index >= 15 is 0 Å². The lowest BCUT2D eigenvalue weighted by molar-refractivity contribution is 0.0995. The monoisotopic (exact) mass is 392 g/mol. The highest BCUT2D eigenvalue weighted by atomic mass is 16.3. The topological polar surface area (TPSA) is 78.3 Å². The molecule has 152 valence electrons. The van der Waals surface area contributed by atoms with Gasteiger partial charge in [0.15, 0.2) is 5.78 Å². The average Bonchev–Trinajstić information content (AvgIpc) is 3.42. The Morgan fingerprint density at radius 1 is 1.21 bits per heavy atom. The van der Waals surface area contributed by atoms with Gasteiger partial charge in [-0.3, -0.25) is 4.79 Å². The SMILES string of the molecule is Cc1cccc(C2CCN(c3nc4c(c(NC5(CO)CC5)n3)C(=O)CC4)CC2)c1. The molecule has 1 aromatic carbocycles. The molecule has 1 aliphatic heterocycles. The standard InChI is InChI=1S/C23H28N4O2/c1-15-3-2-4-17(13-15)16-7-11-27(12-8-16)22-24-18-5-6-19(29)20(18)21(25-22)26-23(14-28)9-10-23/h2-4,13,16,28H,5-12,14H2,1H3,(H,24,25,26). The Kier molecular flexibility index (Phi) is 4.54. The van der Waals surface area contributed by atoms with Crippen LogP contribution in [-0.2, 0) is 6.42 Å². The molecule has 0 atom stereocenters. The van der Waals surface area contributed by atoms with Crippen LogP contribution in [0.2, 0.25) is 0 Å². The number of nitrogens with one attached hydrogen (secondary N) is 1. The van der Waals surface area contributed by atoms with Crippen molar-refractivity contribution < 1.29 is 9.90 Å². The second-order valence-corrected chi connectivity index (χ2v) is 8.86. The molecule has 29 heavy (non-hydrogen) atoms. The molecule has 2 heterocycles. The normalized spacial score (nSPS) is 20.6. The number of carbonyl (C=O) groups excluding carboxylic acids is 1. The fourth-order valence-corrected chi connectivity index (χ4v) is 4.62. The van der Waals surface area contributed by atoms with E-state index in [2.05, 4.69) is 41.4 Å². The summed E-state index contributed by atoms with van der Waals surface area (Å²) in [6.45, 7) is 4.04. The molecule has 2 aliphatic carbocycles. The van der Waals surface area contributed by atoms with Crippen LogP contribution in [0.4, 0.5) is 11.8 Å². The van der Waals surface area contributed by atoms with Gasteiger partial charge in [0.1, 0.15) is 5.82 Å². The predicted molar refractivity (Wildman–Crippen MR) is 113 cm³/mol. The van der Waals surface area contributed by atoms with Crippen LogP contribution in [0.3, 0.4) is 0 Å². The molecule has 1 aromatic heterocycles. The number of benzene rings is 1. The summed E-state index contributed by atoms with van der Waals surface area (Å²) in [7, 11) is 0. The van der Waals surface area contributed by atoms with Gasteiger partial charge >= 0.3 is 0 Å². The first-order valence-electron chi connectivity index (χ1n) is 10.7. The highest BCUT2D eigenvalue weighted by Gasteiger charge is 2.44. The molecule has 6 heteroatoms. The third kappa shape index (κ3) is 3.50. The summed E-state index contributed by atoms with van der Waals surface area (Å²) in [5, 5.41) is 13.1. The summed E-state index contributed by atoms with van der Waals surface area (Å²) in [6, 6.07) is 8.82. The van der Waals surface area contributed by atoms with Crippen molar-refractivity contribution in [1.82, 2.24) is 9.97 Å². The zero-order chi connectivity index (χ0) is 20.0. The van der Waals surface area contributed by atoms with Crippen LogP contribution in [0.25, 0.3) is 0 Å². The molecule has 1 saturated heterocycles. The molecule has 0 spiro atoms. The van der Waals surface area contributed by atoms with Crippen molar-refractivity contribution in [3.05, 3.63) is 46.6 Å². The predicted octanol–water partition coefficient (Wildman–Crippen LogP) is 3.23. The van der Waals surface area contributed by atoms with Gasteiger partial charge in [-0.15, -0.1) is 0 Å². The Morgan fingerprint density at radius 2 is 2.00 bits per heavy atom. The van der Waals surface area contributed by atoms with Crippen LogP contribution < -0.4 is 10.2 Å². The van der Waals surface area contributed by atoms with E-state index in [0.29, 0.717) is 30.1 Å². The Balaban J connectivity index is 1.37. The zero-order valence-electron chi connectivity index (χ0n) is 16.9. The number of hydrogen-bond acceptors (Lipinski definition) is 6.